The van der Waals surface area contributed by atoms with Crippen molar-refractivity contribution in [1.82, 2.24) is 5.32 Å². The standard InChI is InChI=1S/C18H21N3O3S.ClH/c19-12-18(9-1-2-10-18)20-16(22)11-21-14-7-3-5-13-6-4-8-15(17(13)14)25(21,23)24;/h3-8H,1-2,9-12,19H2,(H,20,22);1H. The number of carbonyl (C=O) groups excluding carboxylic acids is 1. The normalized spacial score (nSPS) is 19.3. The van der Waals surface area contributed by atoms with Crippen LogP contribution in [-0.4, -0.2) is 33.0 Å². The second-order valence-electron chi connectivity index (χ2n) is 6.88. The SMILES string of the molecule is Cl.NCC1(NC(=O)CN2c3cccc4cccc(c34)S2(=O)=O)CCCC1. The summed E-state index contributed by atoms with van der Waals surface area (Å²) in [5, 5.41) is 4.54. The lowest BCUT2D eigenvalue weighted by Crippen LogP contribution is -2.54. The number of halogens is 1. The molecule has 1 heterocycles. The summed E-state index contributed by atoms with van der Waals surface area (Å²) in [5.41, 5.74) is 6.04. The highest BCUT2D eigenvalue weighted by molar-refractivity contribution is 7.93. The van der Waals surface area contributed by atoms with Gasteiger partial charge in [0.2, 0.25) is 5.91 Å². The van der Waals surface area contributed by atoms with Crippen molar-refractivity contribution in [3.05, 3.63) is 36.4 Å². The number of benzene rings is 2. The minimum Gasteiger partial charge on any atom is -0.348 e. The number of amides is 1. The molecule has 2 aromatic carbocycles. The van der Waals surface area contributed by atoms with Crippen LogP contribution in [0.4, 0.5) is 5.69 Å². The third kappa shape index (κ3) is 2.84. The van der Waals surface area contributed by atoms with Gasteiger partial charge in [0.25, 0.3) is 10.0 Å². The first-order chi connectivity index (χ1) is 12.0. The number of anilines is 1. The van der Waals surface area contributed by atoms with Crippen LogP contribution in [0.15, 0.2) is 41.3 Å². The number of rotatable bonds is 4. The molecule has 0 aromatic heterocycles. The van der Waals surface area contributed by atoms with Crippen LogP contribution in [0.1, 0.15) is 25.7 Å². The van der Waals surface area contributed by atoms with Gasteiger partial charge in [0.1, 0.15) is 6.54 Å². The van der Waals surface area contributed by atoms with E-state index in [1.54, 1.807) is 18.2 Å². The highest BCUT2D eigenvalue weighted by atomic mass is 35.5. The minimum absolute atomic E-state index is 0. The largest absolute Gasteiger partial charge is 0.348 e. The molecule has 1 aliphatic carbocycles. The van der Waals surface area contributed by atoms with E-state index in [1.807, 2.05) is 18.2 Å². The van der Waals surface area contributed by atoms with Gasteiger partial charge in [0.15, 0.2) is 0 Å². The maximum Gasteiger partial charge on any atom is 0.265 e. The van der Waals surface area contributed by atoms with Crippen molar-refractivity contribution in [2.24, 2.45) is 5.73 Å². The monoisotopic (exact) mass is 395 g/mol. The summed E-state index contributed by atoms with van der Waals surface area (Å²) in [7, 11) is -3.71. The number of nitrogens with one attached hydrogen (secondary N) is 1. The van der Waals surface area contributed by atoms with Gasteiger partial charge in [0.05, 0.1) is 16.1 Å². The molecule has 1 fully saturated rings. The summed E-state index contributed by atoms with van der Waals surface area (Å²) in [6.45, 7) is 0.152. The van der Waals surface area contributed by atoms with E-state index in [0.29, 0.717) is 17.6 Å². The molecule has 6 nitrogen and oxygen atoms in total. The van der Waals surface area contributed by atoms with Crippen molar-refractivity contribution in [2.45, 2.75) is 36.1 Å². The third-order valence-corrected chi connectivity index (χ3v) is 7.13. The molecule has 3 N–H and O–H groups in total. The molecule has 0 saturated heterocycles. The van der Waals surface area contributed by atoms with Gasteiger partial charge in [-0.2, -0.15) is 0 Å². The number of nitrogens with two attached hydrogens (primary N) is 1. The van der Waals surface area contributed by atoms with Crippen LogP contribution in [0.3, 0.4) is 0 Å². The second-order valence-corrected chi connectivity index (χ2v) is 8.71. The van der Waals surface area contributed by atoms with Crippen LogP contribution in [0.25, 0.3) is 10.8 Å². The van der Waals surface area contributed by atoms with E-state index in [9.17, 15) is 13.2 Å². The zero-order chi connectivity index (χ0) is 17.7. The first kappa shape index (κ1) is 18.9. The third-order valence-electron chi connectivity index (χ3n) is 5.32. The van der Waals surface area contributed by atoms with Crippen LogP contribution in [0.5, 0.6) is 0 Å². The lowest BCUT2D eigenvalue weighted by atomic mass is 9.98. The van der Waals surface area contributed by atoms with Gasteiger partial charge in [0, 0.05) is 11.9 Å². The Kier molecular flexibility index (Phi) is 4.90. The number of sulfonamides is 1. The topological polar surface area (TPSA) is 92.5 Å². The molecule has 140 valence electrons. The van der Waals surface area contributed by atoms with Crippen molar-refractivity contribution in [3.8, 4) is 0 Å². The Morgan fingerprint density at radius 1 is 1.15 bits per heavy atom. The minimum atomic E-state index is -3.71. The molecule has 0 atom stereocenters. The maximum absolute atomic E-state index is 12.9. The van der Waals surface area contributed by atoms with E-state index >= 15 is 0 Å². The van der Waals surface area contributed by atoms with Crippen LogP contribution in [-0.2, 0) is 14.8 Å². The molecule has 8 heteroatoms. The number of carbonyl (C=O) groups is 1. The summed E-state index contributed by atoms with van der Waals surface area (Å²) in [6.07, 6.45) is 3.75. The van der Waals surface area contributed by atoms with Gasteiger partial charge in [-0.05, 0) is 30.4 Å². The zero-order valence-electron chi connectivity index (χ0n) is 14.3. The van der Waals surface area contributed by atoms with Gasteiger partial charge >= 0.3 is 0 Å². The lowest BCUT2D eigenvalue weighted by Gasteiger charge is -2.30. The van der Waals surface area contributed by atoms with Crippen molar-refractivity contribution in [3.63, 3.8) is 0 Å². The van der Waals surface area contributed by atoms with Crippen molar-refractivity contribution < 1.29 is 13.2 Å². The van der Waals surface area contributed by atoms with Gasteiger partial charge in [-0.25, -0.2) is 8.42 Å². The van der Waals surface area contributed by atoms with Gasteiger partial charge in [-0.15, -0.1) is 12.4 Å². The Labute approximate surface area is 159 Å². The van der Waals surface area contributed by atoms with E-state index in [1.165, 1.54) is 4.31 Å². The quantitative estimate of drug-likeness (QED) is 0.829. The van der Waals surface area contributed by atoms with E-state index in [4.69, 9.17) is 5.73 Å². The summed E-state index contributed by atoms with van der Waals surface area (Å²) in [4.78, 5) is 12.9. The van der Waals surface area contributed by atoms with E-state index < -0.39 is 10.0 Å². The Bertz CT molecular complexity index is 950. The van der Waals surface area contributed by atoms with Gasteiger partial charge < -0.3 is 11.1 Å². The zero-order valence-corrected chi connectivity index (χ0v) is 15.9. The molecule has 0 unspecified atom stereocenters. The molecule has 4 rings (SSSR count). The average molecular weight is 396 g/mol. The number of nitrogens with zero attached hydrogens (tertiary/aromatic N) is 1. The molecule has 2 aromatic rings. The van der Waals surface area contributed by atoms with Crippen LogP contribution in [0.2, 0.25) is 0 Å². The Hall–Kier alpha value is -1.83. The molecule has 1 saturated carbocycles. The smallest absolute Gasteiger partial charge is 0.265 e. The first-order valence-corrected chi connectivity index (χ1v) is 9.96. The van der Waals surface area contributed by atoms with E-state index in [2.05, 4.69) is 5.32 Å². The van der Waals surface area contributed by atoms with Crippen molar-refractivity contribution in [1.29, 1.82) is 0 Å². The van der Waals surface area contributed by atoms with E-state index in [0.717, 1.165) is 31.1 Å². The molecule has 26 heavy (non-hydrogen) atoms. The molecular weight excluding hydrogens is 374 g/mol. The summed E-state index contributed by atoms with van der Waals surface area (Å²) in [6, 6.07) is 10.6. The maximum atomic E-state index is 12.9. The Morgan fingerprint density at radius 2 is 1.81 bits per heavy atom. The van der Waals surface area contributed by atoms with E-state index in [-0.39, 0.29) is 35.3 Å². The van der Waals surface area contributed by atoms with Gasteiger partial charge in [-0.3, -0.25) is 9.10 Å². The molecule has 1 amide bonds. The molecular formula is C18H22ClN3O3S. The highest BCUT2D eigenvalue weighted by Gasteiger charge is 2.39. The molecule has 0 radical (unpaired) electrons. The lowest BCUT2D eigenvalue weighted by molar-refractivity contribution is -0.121. The summed E-state index contributed by atoms with van der Waals surface area (Å²) < 4.78 is 27.0. The molecule has 0 spiro atoms. The molecule has 1 aliphatic heterocycles. The fourth-order valence-electron chi connectivity index (χ4n) is 4.03. The van der Waals surface area contributed by atoms with Gasteiger partial charge in [-0.1, -0.05) is 37.1 Å². The Morgan fingerprint density at radius 3 is 2.46 bits per heavy atom. The molecule has 2 aliphatic rings. The fourth-order valence-corrected chi connectivity index (χ4v) is 5.69. The highest BCUT2D eigenvalue weighted by Crippen LogP contribution is 2.41. The van der Waals surface area contributed by atoms with Crippen molar-refractivity contribution in [2.75, 3.05) is 17.4 Å². The average Bonchev–Trinajstić information content (AvgIpc) is 3.14. The van der Waals surface area contributed by atoms with Crippen LogP contribution >= 0.6 is 12.4 Å². The first-order valence-electron chi connectivity index (χ1n) is 8.52. The second kappa shape index (κ2) is 6.72. The summed E-state index contributed by atoms with van der Waals surface area (Å²) in [5.74, 6) is -0.305. The summed E-state index contributed by atoms with van der Waals surface area (Å²) >= 11 is 0. The number of hydrogen-bond donors (Lipinski definition) is 2. The predicted octanol–water partition coefficient (Wildman–Crippen LogP) is 2.16. The van der Waals surface area contributed by atoms with Crippen molar-refractivity contribution >= 4 is 44.8 Å². The molecule has 0 bridgehead atoms. The fraction of sp³-hybridized carbons (Fsp3) is 0.389. The number of hydrogen-bond acceptors (Lipinski definition) is 4. The van der Waals surface area contributed by atoms with Crippen LogP contribution in [0, 0.1) is 0 Å². The Balaban J connectivity index is 0.00000196. The predicted molar refractivity (Wildman–Crippen MR) is 104 cm³/mol. The van der Waals surface area contributed by atoms with Crippen LogP contribution < -0.4 is 15.4 Å².